The quantitative estimate of drug-likeness (QED) is 0.714. The maximum atomic E-state index is 12.9. The maximum Gasteiger partial charge on any atom is 0.311 e. The highest BCUT2D eigenvalue weighted by atomic mass is 16.5. The van der Waals surface area contributed by atoms with Crippen molar-refractivity contribution in [1.29, 1.82) is 0 Å². The highest BCUT2D eigenvalue weighted by Gasteiger charge is 2.43. The summed E-state index contributed by atoms with van der Waals surface area (Å²) in [6, 6.07) is 0. The lowest BCUT2D eigenvalue weighted by molar-refractivity contribution is -0.156. The number of carboxylic acid groups (broad SMARTS) is 1. The summed E-state index contributed by atoms with van der Waals surface area (Å²) < 4.78 is 5.10. The first kappa shape index (κ1) is 18.9. The van der Waals surface area contributed by atoms with Crippen molar-refractivity contribution in [2.75, 3.05) is 46.4 Å². The second-order valence-corrected chi connectivity index (χ2v) is 7.05. The van der Waals surface area contributed by atoms with Crippen LogP contribution in [0.5, 0.6) is 0 Å². The lowest BCUT2D eigenvalue weighted by atomic mass is 9.76. The van der Waals surface area contributed by atoms with Crippen LogP contribution in [0.3, 0.4) is 0 Å². The number of ether oxygens (including phenoxy) is 1. The van der Waals surface area contributed by atoms with E-state index >= 15 is 0 Å². The molecule has 0 aromatic heterocycles. The molecule has 0 spiro atoms. The predicted octanol–water partition coefficient (Wildman–Crippen LogP) is 1.61. The van der Waals surface area contributed by atoms with Gasteiger partial charge in [-0.1, -0.05) is 6.08 Å². The average Bonchev–Trinajstić information content (AvgIpc) is 2.60. The van der Waals surface area contributed by atoms with Crippen molar-refractivity contribution in [2.24, 2.45) is 11.3 Å². The van der Waals surface area contributed by atoms with E-state index < -0.39 is 11.4 Å². The molecule has 2 saturated heterocycles. The van der Waals surface area contributed by atoms with E-state index in [0.717, 1.165) is 38.9 Å². The van der Waals surface area contributed by atoms with E-state index in [1.807, 2.05) is 0 Å². The van der Waals surface area contributed by atoms with Crippen molar-refractivity contribution in [3.8, 4) is 0 Å². The molecule has 0 aromatic rings. The Morgan fingerprint density at radius 3 is 2.62 bits per heavy atom. The smallest absolute Gasteiger partial charge is 0.311 e. The molecule has 136 valence electrons. The Balaban J connectivity index is 1.92. The van der Waals surface area contributed by atoms with Crippen molar-refractivity contribution in [3.05, 3.63) is 12.7 Å². The van der Waals surface area contributed by atoms with Crippen LogP contribution in [0, 0.1) is 11.3 Å². The molecule has 2 rings (SSSR count). The molecule has 2 fully saturated rings. The number of carboxylic acids is 1. The summed E-state index contributed by atoms with van der Waals surface area (Å²) in [4.78, 5) is 28.7. The molecular formula is C18H30N2O4. The molecule has 1 N–H and O–H groups in total. The maximum absolute atomic E-state index is 12.9. The molecule has 6 nitrogen and oxygen atoms in total. The van der Waals surface area contributed by atoms with Gasteiger partial charge in [0.25, 0.3) is 0 Å². The zero-order valence-corrected chi connectivity index (χ0v) is 14.7. The molecule has 0 unspecified atom stereocenters. The van der Waals surface area contributed by atoms with Gasteiger partial charge in [-0.05, 0) is 45.2 Å². The Kier molecular flexibility index (Phi) is 6.80. The van der Waals surface area contributed by atoms with Gasteiger partial charge in [-0.25, -0.2) is 0 Å². The molecule has 0 aromatic carbocycles. The standard InChI is InChI=1S/C18H30N2O4/c1-3-7-18(17(22)23)8-4-9-20(14-18)16(21)15-5-10-19(11-6-15)12-13-24-2/h3,15H,1,4-14H2,2H3,(H,22,23)/t18-/m0/s1. The van der Waals surface area contributed by atoms with E-state index in [-0.39, 0.29) is 11.8 Å². The number of carbonyl (C=O) groups is 2. The number of piperidine rings is 2. The van der Waals surface area contributed by atoms with Crippen molar-refractivity contribution in [1.82, 2.24) is 9.80 Å². The fraction of sp³-hybridized carbons (Fsp3) is 0.778. The largest absolute Gasteiger partial charge is 0.481 e. The van der Waals surface area contributed by atoms with Crippen molar-refractivity contribution in [3.63, 3.8) is 0 Å². The van der Waals surface area contributed by atoms with Crippen LogP contribution in [0.1, 0.15) is 32.1 Å². The van der Waals surface area contributed by atoms with Gasteiger partial charge in [0.05, 0.1) is 12.0 Å². The Hall–Kier alpha value is -1.40. The van der Waals surface area contributed by atoms with Crippen LogP contribution in [0.2, 0.25) is 0 Å². The number of hydrogen-bond donors (Lipinski definition) is 1. The van der Waals surface area contributed by atoms with Gasteiger partial charge in [-0.3, -0.25) is 9.59 Å². The van der Waals surface area contributed by atoms with Gasteiger partial charge in [-0.15, -0.1) is 6.58 Å². The lowest BCUT2D eigenvalue weighted by Crippen LogP contribution is -2.52. The average molecular weight is 338 g/mol. The minimum atomic E-state index is -0.852. The lowest BCUT2D eigenvalue weighted by Gasteiger charge is -2.42. The number of aliphatic carboxylic acids is 1. The van der Waals surface area contributed by atoms with Crippen molar-refractivity contribution in [2.45, 2.75) is 32.1 Å². The normalized spacial score (nSPS) is 26.3. The van der Waals surface area contributed by atoms with Crippen LogP contribution in [-0.4, -0.2) is 73.2 Å². The zero-order valence-electron chi connectivity index (χ0n) is 14.7. The Morgan fingerprint density at radius 2 is 2.04 bits per heavy atom. The molecule has 2 aliphatic heterocycles. The molecule has 1 amide bonds. The number of carbonyl (C=O) groups excluding carboxylic acids is 1. The number of rotatable bonds is 7. The summed E-state index contributed by atoms with van der Waals surface area (Å²) in [5.74, 6) is -0.651. The summed E-state index contributed by atoms with van der Waals surface area (Å²) in [5.41, 5.74) is -0.852. The number of nitrogens with zero attached hydrogens (tertiary/aromatic N) is 2. The second-order valence-electron chi connectivity index (χ2n) is 7.05. The minimum absolute atomic E-state index is 0.0251. The first-order valence-corrected chi connectivity index (χ1v) is 8.87. The summed E-state index contributed by atoms with van der Waals surface area (Å²) in [6.07, 6.45) is 5.14. The molecule has 0 aliphatic carbocycles. The Bertz CT molecular complexity index is 460. The van der Waals surface area contributed by atoms with E-state index in [2.05, 4.69) is 11.5 Å². The molecule has 2 aliphatic rings. The third-order valence-electron chi connectivity index (χ3n) is 5.43. The first-order chi connectivity index (χ1) is 11.5. The monoisotopic (exact) mass is 338 g/mol. The topological polar surface area (TPSA) is 70.1 Å². The molecule has 0 radical (unpaired) electrons. The van der Waals surface area contributed by atoms with Gasteiger partial charge in [-0.2, -0.15) is 0 Å². The third kappa shape index (κ3) is 4.36. The van der Waals surface area contributed by atoms with E-state index in [4.69, 9.17) is 4.74 Å². The van der Waals surface area contributed by atoms with Crippen molar-refractivity contribution < 1.29 is 19.4 Å². The van der Waals surface area contributed by atoms with Crippen LogP contribution >= 0.6 is 0 Å². The summed E-state index contributed by atoms with van der Waals surface area (Å²) in [5, 5.41) is 9.64. The molecule has 0 saturated carbocycles. The summed E-state index contributed by atoms with van der Waals surface area (Å²) in [6.45, 7) is 8.12. The Labute approximate surface area is 144 Å². The van der Waals surface area contributed by atoms with Crippen LogP contribution < -0.4 is 0 Å². The second kappa shape index (κ2) is 8.62. The summed E-state index contributed by atoms with van der Waals surface area (Å²) in [7, 11) is 1.70. The van der Waals surface area contributed by atoms with Gasteiger partial charge >= 0.3 is 5.97 Å². The molecule has 6 heteroatoms. The minimum Gasteiger partial charge on any atom is -0.481 e. The van der Waals surface area contributed by atoms with Gasteiger partial charge in [0.1, 0.15) is 0 Å². The van der Waals surface area contributed by atoms with E-state index in [1.165, 1.54) is 0 Å². The SMILES string of the molecule is C=CC[C@]1(C(=O)O)CCCN(C(=O)C2CCN(CCOC)CC2)C1. The molecule has 1 atom stereocenters. The van der Waals surface area contributed by atoms with Gasteiger partial charge in [0, 0.05) is 32.7 Å². The Morgan fingerprint density at radius 1 is 1.33 bits per heavy atom. The highest BCUT2D eigenvalue weighted by Crippen LogP contribution is 2.35. The van der Waals surface area contributed by atoms with Crippen molar-refractivity contribution >= 4 is 11.9 Å². The van der Waals surface area contributed by atoms with Gasteiger partial charge < -0.3 is 19.6 Å². The fourth-order valence-corrected chi connectivity index (χ4v) is 3.91. The number of likely N-dealkylation sites (tertiary alicyclic amines) is 2. The highest BCUT2D eigenvalue weighted by molar-refractivity contribution is 5.81. The molecule has 24 heavy (non-hydrogen) atoms. The third-order valence-corrected chi connectivity index (χ3v) is 5.43. The predicted molar refractivity (Wildman–Crippen MR) is 91.7 cm³/mol. The first-order valence-electron chi connectivity index (χ1n) is 8.87. The molecular weight excluding hydrogens is 308 g/mol. The molecule has 2 heterocycles. The van der Waals surface area contributed by atoms with Crippen LogP contribution in [0.15, 0.2) is 12.7 Å². The van der Waals surface area contributed by atoms with Gasteiger partial charge in [0.2, 0.25) is 5.91 Å². The fourth-order valence-electron chi connectivity index (χ4n) is 3.91. The molecule has 0 bridgehead atoms. The number of allylic oxidation sites excluding steroid dienone is 1. The zero-order chi connectivity index (χ0) is 17.6. The summed E-state index contributed by atoms with van der Waals surface area (Å²) >= 11 is 0. The van der Waals surface area contributed by atoms with Crippen LogP contribution in [0.4, 0.5) is 0 Å². The number of methoxy groups -OCH3 is 1. The van der Waals surface area contributed by atoms with Crippen LogP contribution in [-0.2, 0) is 14.3 Å². The van der Waals surface area contributed by atoms with E-state index in [0.29, 0.717) is 32.5 Å². The number of hydrogen-bond acceptors (Lipinski definition) is 4. The van der Waals surface area contributed by atoms with E-state index in [9.17, 15) is 14.7 Å². The van der Waals surface area contributed by atoms with Crippen LogP contribution in [0.25, 0.3) is 0 Å². The van der Waals surface area contributed by atoms with Gasteiger partial charge in [0.15, 0.2) is 0 Å². The number of amides is 1. The van der Waals surface area contributed by atoms with E-state index in [1.54, 1.807) is 18.1 Å².